The van der Waals surface area contributed by atoms with Crippen molar-refractivity contribution in [1.82, 2.24) is 15.1 Å². The molecule has 0 fully saturated rings. The lowest BCUT2D eigenvalue weighted by atomic mass is 10.1. The fraction of sp³-hybridized carbons (Fsp3) is 0.304. The molecule has 1 heterocycles. The molecule has 3 aromatic rings. The van der Waals surface area contributed by atoms with Crippen LogP contribution in [-0.2, 0) is 24.3 Å². The summed E-state index contributed by atoms with van der Waals surface area (Å²) < 4.78 is 7.43. The van der Waals surface area contributed by atoms with Crippen LogP contribution in [0.1, 0.15) is 35.0 Å². The lowest BCUT2D eigenvalue weighted by molar-refractivity contribution is -0.120. The van der Waals surface area contributed by atoms with Crippen LogP contribution in [0.4, 0.5) is 0 Å². The predicted octanol–water partition coefficient (Wildman–Crippen LogP) is 3.81. The molecular weight excluding hydrogens is 350 g/mol. The minimum absolute atomic E-state index is 0.00114. The number of aromatic nitrogens is 2. The molecule has 28 heavy (non-hydrogen) atoms. The van der Waals surface area contributed by atoms with Crippen LogP contribution in [0.25, 0.3) is 0 Å². The number of carbonyl (C=O) groups excluding carboxylic acids is 1. The largest absolute Gasteiger partial charge is 0.494 e. The molecule has 5 nitrogen and oxygen atoms in total. The molecule has 146 valence electrons. The first-order valence-corrected chi connectivity index (χ1v) is 9.62. The van der Waals surface area contributed by atoms with Crippen LogP contribution in [-0.4, -0.2) is 22.3 Å². The predicted molar refractivity (Wildman–Crippen MR) is 110 cm³/mol. The summed E-state index contributed by atoms with van der Waals surface area (Å²) in [5.74, 6) is 0.822. The van der Waals surface area contributed by atoms with Crippen molar-refractivity contribution in [3.63, 3.8) is 0 Å². The zero-order valence-electron chi connectivity index (χ0n) is 16.7. The number of benzene rings is 2. The van der Waals surface area contributed by atoms with E-state index < -0.39 is 0 Å². The van der Waals surface area contributed by atoms with E-state index in [9.17, 15) is 4.79 Å². The fourth-order valence-electron chi connectivity index (χ4n) is 3.21. The molecular formula is C23H27N3O2. The van der Waals surface area contributed by atoms with Crippen molar-refractivity contribution in [3.8, 4) is 5.75 Å². The monoisotopic (exact) mass is 377 g/mol. The van der Waals surface area contributed by atoms with Gasteiger partial charge >= 0.3 is 0 Å². The third-order valence-corrected chi connectivity index (χ3v) is 4.77. The summed E-state index contributed by atoms with van der Waals surface area (Å²) >= 11 is 0. The number of carbonyl (C=O) groups is 1. The number of ether oxygens (including phenoxy) is 1. The van der Waals surface area contributed by atoms with E-state index in [0.717, 1.165) is 34.8 Å². The van der Waals surface area contributed by atoms with Gasteiger partial charge in [0.05, 0.1) is 25.3 Å². The van der Waals surface area contributed by atoms with Gasteiger partial charge in [-0.25, -0.2) is 0 Å². The standard InChI is InChI=1S/C23H27N3O2/c1-4-28-21-12-10-19(11-13-21)14-23(27)24-15-22-17(2)25-26(18(22)3)16-20-8-6-5-7-9-20/h5-13H,4,14-16H2,1-3H3,(H,24,27). The van der Waals surface area contributed by atoms with Crippen LogP contribution < -0.4 is 10.1 Å². The Kier molecular flexibility index (Phi) is 6.48. The van der Waals surface area contributed by atoms with Gasteiger partial charge in [0.1, 0.15) is 5.75 Å². The summed E-state index contributed by atoms with van der Waals surface area (Å²) in [7, 11) is 0. The van der Waals surface area contributed by atoms with Crippen LogP contribution in [0.15, 0.2) is 54.6 Å². The second-order valence-corrected chi connectivity index (χ2v) is 6.82. The number of nitrogens with one attached hydrogen (secondary N) is 1. The van der Waals surface area contributed by atoms with E-state index in [1.807, 2.05) is 61.0 Å². The van der Waals surface area contributed by atoms with E-state index in [-0.39, 0.29) is 5.91 Å². The highest BCUT2D eigenvalue weighted by Gasteiger charge is 2.13. The molecule has 0 saturated carbocycles. The smallest absolute Gasteiger partial charge is 0.224 e. The molecule has 3 rings (SSSR count). The Balaban J connectivity index is 1.58. The van der Waals surface area contributed by atoms with E-state index in [0.29, 0.717) is 19.6 Å². The molecule has 0 bridgehead atoms. The van der Waals surface area contributed by atoms with Crippen molar-refractivity contribution >= 4 is 5.91 Å². The first kappa shape index (κ1) is 19.7. The first-order valence-electron chi connectivity index (χ1n) is 9.62. The summed E-state index contributed by atoms with van der Waals surface area (Å²) in [5, 5.41) is 7.67. The first-order chi connectivity index (χ1) is 13.6. The van der Waals surface area contributed by atoms with E-state index in [1.54, 1.807) is 0 Å². The number of hydrogen-bond acceptors (Lipinski definition) is 3. The molecule has 1 aromatic heterocycles. The number of nitrogens with zero attached hydrogens (tertiary/aromatic N) is 2. The minimum atomic E-state index is -0.00114. The SMILES string of the molecule is CCOc1ccc(CC(=O)NCc2c(C)nn(Cc3ccccc3)c2C)cc1. The normalized spacial score (nSPS) is 10.7. The molecule has 0 saturated heterocycles. The maximum absolute atomic E-state index is 12.3. The Morgan fingerprint density at radius 3 is 2.43 bits per heavy atom. The summed E-state index contributed by atoms with van der Waals surface area (Å²) in [4.78, 5) is 12.3. The average molecular weight is 377 g/mol. The summed E-state index contributed by atoms with van der Waals surface area (Å²) in [6.45, 7) is 7.85. The zero-order valence-corrected chi connectivity index (χ0v) is 16.7. The molecule has 0 radical (unpaired) electrons. The third-order valence-electron chi connectivity index (χ3n) is 4.77. The topological polar surface area (TPSA) is 56.1 Å². The zero-order chi connectivity index (χ0) is 19.9. The van der Waals surface area contributed by atoms with Gasteiger partial charge in [0.25, 0.3) is 0 Å². The Morgan fingerprint density at radius 2 is 1.75 bits per heavy atom. The third kappa shape index (κ3) is 5.00. The Morgan fingerprint density at radius 1 is 1.04 bits per heavy atom. The van der Waals surface area contributed by atoms with Crippen molar-refractivity contribution in [3.05, 3.63) is 82.7 Å². The lowest BCUT2D eigenvalue weighted by Gasteiger charge is -2.08. The van der Waals surface area contributed by atoms with Gasteiger partial charge in [-0.15, -0.1) is 0 Å². The average Bonchev–Trinajstić information content (AvgIpc) is 2.95. The van der Waals surface area contributed by atoms with Gasteiger partial charge in [0.2, 0.25) is 5.91 Å². The molecule has 0 spiro atoms. The maximum Gasteiger partial charge on any atom is 0.224 e. The van der Waals surface area contributed by atoms with Gasteiger partial charge in [-0.05, 0) is 44.0 Å². The highest BCUT2D eigenvalue weighted by atomic mass is 16.5. The molecule has 0 atom stereocenters. The maximum atomic E-state index is 12.3. The lowest BCUT2D eigenvalue weighted by Crippen LogP contribution is -2.25. The van der Waals surface area contributed by atoms with E-state index >= 15 is 0 Å². The molecule has 1 amide bonds. The summed E-state index contributed by atoms with van der Waals surface area (Å²) in [6, 6.07) is 17.9. The number of hydrogen-bond donors (Lipinski definition) is 1. The summed E-state index contributed by atoms with van der Waals surface area (Å²) in [5.41, 5.74) is 5.29. The Bertz CT molecular complexity index is 915. The summed E-state index contributed by atoms with van der Waals surface area (Å²) in [6.07, 6.45) is 0.350. The Hall–Kier alpha value is -3.08. The van der Waals surface area contributed by atoms with E-state index in [2.05, 4.69) is 29.5 Å². The van der Waals surface area contributed by atoms with Crippen LogP contribution in [0.2, 0.25) is 0 Å². The van der Waals surface area contributed by atoms with Gasteiger partial charge < -0.3 is 10.1 Å². The fourth-order valence-corrected chi connectivity index (χ4v) is 3.21. The van der Waals surface area contributed by atoms with Crippen molar-refractivity contribution in [2.75, 3.05) is 6.61 Å². The van der Waals surface area contributed by atoms with Crippen molar-refractivity contribution in [2.24, 2.45) is 0 Å². The molecule has 2 aromatic carbocycles. The Labute approximate surface area is 166 Å². The van der Waals surface area contributed by atoms with Crippen LogP contribution in [0.5, 0.6) is 5.75 Å². The number of aryl methyl sites for hydroxylation is 1. The molecule has 0 unspecified atom stereocenters. The highest BCUT2D eigenvalue weighted by Crippen LogP contribution is 2.15. The van der Waals surface area contributed by atoms with Crippen molar-refractivity contribution in [1.29, 1.82) is 0 Å². The second-order valence-electron chi connectivity index (χ2n) is 6.82. The molecule has 5 heteroatoms. The molecule has 0 aliphatic rings. The van der Waals surface area contributed by atoms with Crippen molar-refractivity contribution < 1.29 is 9.53 Å². The van der Waals surface area contributed by atoms with Crippen molar-refractivity contribution in [2.45, 2.75) is 40.3 Å². The van der Waals surface area contributed by atoms with E-state index in [4.69, 9.17) is 4.74 Å². The number of amides is 1. The molecule has 0 aliphatic carbocycles. The van der Waals surface area contributed by atoms with Crippen LogP contribution in [0, 0.1) is 13.8 Å². The number of rotatable bonds is 8. The highest BCUT2D eigenvalue weighted by molar-refractivity contribution is 5.78. The minimum Gasteiger partial charge on any atom is -0.494 e. The quantitative estimate of drug-likeness (QED) is 0.649. The van der Waals surface area contributed by atoms with E-state index in [1.165, 1.54) is 5.56 Å². The van der Waals surface area contributed by atoms with Gasteiger partial charge in [-0.2, -0.15) is 5.10 Å². The van der Waals surface area contributed by atoms with Gasteiger partial charge in [0.15, 0.2) is 0 Å². The van der Waals surface area contributed by atoms with Gasteiger partial charge in [-0.1, -0.05) is 42.5 Å². The van der Waals surface area contributed by atoms with Gasteiger partial charge in [0, 0.05) is 17.8 Å². The second kappa shape index (κ2) is 9.22. The van der Waals surface area contributed by atoms with Gasteiger partial charge in [-0.3, -0.25) is 9.48 Å². The van der Waals surface area contributed by atoms with Crippen LogP contribution >= 0.6 is 0 Å². The van der Waals surface area contributed by atoms with Crippen LogP contribution in [0.3, 0.4) is 0 Å². The molecule has 0 aliphatic heterocycles. The molecule has 1 N–H and O–H groups in total.